The molecule has 1 aromatic carbocycles. The molecule has 2 N–H and O–H groups in total. The SMILES string of the molecule is CCCc1sc(C(=O)Nc2cc(C(=O)O)cc(S(C)(=O)=O)c2)cc1CC. The summed E-state index contributed by atoms with van der Waals surface area (Å²) in [5, 5.41) is 11.8. The van der Waals surface area contributed by atoms with Crippen molar-refractivity contribution in [1.82, 2.24) is 0 Å². The molecule has 1 heterocycles. The Labute approximate surface area is 156 Å². The van der Waals surface area contributed by atoms with Gasteiger partial charge in [-0.25, -0.2) is 13.2 Å². The number of carbonyl (C=O) groups excluding carboxylic acids is 1. The second-order valence-corrected chi connectivity index (χ2v) is 9.09. The zero-order valence-electron chi connectivity index (χ0n) is 14.8. The van der Waals surface area contributed by atoms with E-state index in [1.54, 1.807) is 0 Å². The molecule has 0 atom stereocenters. The molecule has 0 unspecified atom stereocenters. The summed E-state index contributed by atoms with van der Waals surface area (Å²) in [4.78, 5) is 25.3. The topological polar surface area (TPSA) is 101 Å². The molecule has 1 amide bonds. The van der Waals surface area contributed by atoms with Crippen molar-refractivity contribution in [2.45, 2.75) is 38.0 Å². The number of aromatic carboxylic acids is 1. The van der Waals surface area contributed by atoms with Gasteiger partial charge in [-0.2, -0.15) is 0 Å². The van der Waals surface area contributed by atoms with Crippen molar-refractivity contribution in [1.29, 1.82) is 0 Å². The van der Waals surface area contributed by atoms with E-state index in [4.69, 9.17) is 0 Å². The van der Waals surface area contributed by atoms with Gasteiger partial charge in [0.05, 0.1) is 15.3 Å². The fourth-order valence-electron chi connectivity index (χ4n) is 2.52. The van der Waals surface area contributed by atoms with Gasteiger partial charge in [0.15, 0.2) is 9.84 Å². The van der Waals surface area contributed by atoms with Gasteiger partial charge < -0.3 is 10.4 Å². The zero-order chi connectivity index (χ0) is 19.5. The van der Waals surface area contributed by atoms with Crippen LogP contribution in [-0.4, -0.2) is 31.7 Å². The Kier molecular flexibility index (Phi) is 6.20. The largest absolute Gasteiger partial charge is 0.478 e. The van der Waals surface area contributed by atoms with E-state index in [1.165, 1.54) is 23.5 Å². The second kappa shape index (κ2) is 8.01. The molecule has 0 spiro atoms. The highest BCUT2D eigenvalue weighted by molar-refractivity contribution is 7.90. The van der Waals surface area contributed by atoms with E-state index in [1.807, 2.05) is 13.0 Å². The number of hydrogen-bond donors (Lipinski definition) is 2. The Morgan fingerprint density at radius 1 is 1.15 bits per heavy atom. The number of hydrogen-bond acceptors (Lipinski definition) is 5. The summed E-state index contributed by atoms with van der Waals surface area (Å²) in [7, 11) is -3.61. The van der Waals surface area contributed by atoms with Crippen molar-refractivity contribution in [3.8, 4) is 0 Å². The van der Waals surface area contributed by atoms with Crippen molar-refractivity contribution in [2.75, 3.05) is 11.6 Å². The van der Waals surface area contributed by atoms with Crippen LogP contribution in [0.5, 0.6) is 0 Å². The highest BCUT2D eigenvalue weighted by atomic mass is 32.2. The summed E-state index contributed by atoms with van der Waals surface area (Å²) in [6, 6.07) is 5.42. The van der Waals surface area contributed by atoms with Crippen LogP contribution in [0.4, 0.5) is 5.69 Å². The molecular weight excluding hydrogens is 374 g/mol. The van der Waals surface area contributed by atoms with Crippen LogP contribution in [0.1, 0.15) is 50.7 Å². The Bertz CT molecular complexity index is 944. The van der Waals surface area contributed by atoms with Crippen LogP contribution in [0.15, 0.2) is 29.2 Å². The summed E-state index contributed by atoms with van der Waals surface area (Å²) in [5.41, 5.74) is 1.06. The number of nitrogens with one attached hydrogen (secondary N) is 1. The van der Waals surface area contributed by atoms with Crippen molar-refractivity contribution in [3.05, 3.63) is 45.1 Å². The maximum Gasteiger partial charge on any atom is 0.335 e. The monoisotopic (exact) mass is 395 g/mol. The minimum Gasteiger partial charge on any atom is -0.478 e. The molecule has 0 fully saturated rings. The molecule has 0 bridgehead atoms. The van der Waals surface area contributed by atoms with Gasteiger partial charge >= 0.3 is 5.97 Å². The fourth-order valence-corrected chi connectivity index (χ4v) is 4.45. The molecule has 0 radical (unpaired) electrons. The first-order valence-electron chi connectivity index (χ1n) is 8.17. The van der Waals surface area contributed by atoms with Crippen LogP contribution in [0, 0.1) is 0 Å². The van der Waals surface area contributed by atoms with E-state index in [9.17, 15) is 23.1 Å². The molecule has 140 valence electrons. The first-order chi connectivity index (χ1) is 12.2. The molecule has 1 aromatic heterocycles. The number of carboxylic acids is 1. The van der Waals surface area contributed by atoms with E-state index in [0.717, 1.165) is 42.0 Å². The average Bonchev–Trinajstić information content (AvgIpc) is 2.97. The van der Waals surface area contributed by atoms with Gasteiger partial charge in [0.1, 0.15) is 0 Å². The quantitative estimate of drug-likeness (QED) is 0.746. The van der Waals surface area contributed by atoms with E-state index >= 15 is 0 Å². The lowest BCUT2D eigenvalue weighted by atomic mass is 10.1. The van der Waals surface area contributed by atoms with E-state index in [0.29, 0.717) is 4.88 Å². The third kappa shape index (κ3) is 4.70. The van der Waals surface area contributed by atoms with Crippen LogP contribution in [0.2, 0.25) is 0 Å². The Morgan fingerprint density at radius 2 is 1.85 bits per heavy atom. The number of sulfone groups is 1. The van der Waals surface area contributed by atoms with Crippen molar-refractivity contribution < 1.29 is 23.1 Å². The third-order valence-corrected chi connectivity index (χ3v) is 6.15. The van der Waals surface area contributed by atoms with Crippen LogP contribution in [0.25, 0.3) is 0 Å². The second-order valence-electron chi connectivity index (χ2n) is 5.94. The van der Waals surface area contributed by atoms with Crippen molar-refractivity contribution in [3.63, 3.8) is 0 Å². The number of benzene rings is 1. The minimum absolute atomic E-state index is 0.138. The number of rotatable bonds is 7. The Hall–Kier alpha value is -2.19. The number of aryl methyl sites for hydroxylation is 2. The summed E-state index contributed by atoms with van der Waals surface area (Å²) < 4.78 is 23.5. The normalized spacial score (nSPS) is 11.3. The van der Waals surface area contributed by atoms with Gasteiger partial charge in [-0.15, -0.1) is 11.3 Å². The number of carbonyl (C=O) groups is 2. The van der Waals surface area contributed by atoms with Gasteiger partial charge in [-0.1, -0.05) is 20.3 Å². The van der Waals surface area contributed by atoms with Crippen LogP contribution >= 0.6 is 11.3 Å². The maximum atomic E-state index is 12.5. The average molecular weight is 396 g/mol. The molecule has 0 aliphatic heterocycles. The lowest BCUT2D eigenvalue weighted by Crippen LogP contribution is -2.12. The number of amides is 1. The standard InChI is InChI=1S/C18H21NO5S2/c1-4-6-15-11(5-2)9-16(25-15)17(20)19-13-7-12(18(21)22)8-14(10-13)26(3,23)24/h7-10H,4-6H2,1-3H3,(H,19,20)(H,21,22). The zero-order valence-corrected chi connectivity index (χ0v) is 16.5. The fraction of sp³-hybridized carbons (Fsp3) is 0.333. The number of anilines is 1. The smallest absolute Gasteiger partial charge is 0.335 e. The maximum absolute atomic E-state index is 12.5. The number of carboxylic acid groups (broad SMARTS) is 1. The molecule has 2 rings (SSSR count). The Balaban J connectivity index is 2.37. The lowest BCUT2D eigenvalue weighted by molar-refractivity contribution is 0.0696. The van der Waals surface area contributed by atoms with E-state index < -0.39 is 15.8 Å². The highest BCUT2D eigenvalue weighted by Crippen LogP contribution is 2.26. The molecule has 0 aliphatic rings. The molecule has 8 heteroatoms. The summed E-state index contributed by atoms with van der Waals surface area (Å²) in [6.45, 7) is 4.10. The van der Waals surface area contributed by atoms with Crippen molar-refractivity contribution in [2.24, 2.45) is 0 Å². The lowest BCUT2D eigenvalue weighted by Gasteiger charge is -2.08. The van der Waals surface area contributed by atoms with E-state index in [-0.39, 0.29) is 22.1 Å². The van der Waals surface area contributed by atoms with Gasteiger partial charge in [0.2, 0.25) is 0 Å². The predicted molar refractivity (Wildman–Crippen MR) is 102 cm³/mol. The molecule has 0 saturated carbocycles. The Morgan fingerprint density at radius 3 is 2.38 bits per heavy atom. The van der Waals surface area contributed by atoms with Gasteiger partial charge in [0, 0.05) is 16.8 Å². The molecule has 26 heavy (non-hydrogen) atoms. The van der Waals surface area contributed by atoms with Gasteiger partial charge in [-0.05, 0) is 42.7 Å². The minimum atomic E-state index is -3.61. The van der Waals surface area contributed by atoms with Crippen LogP contribution < -0.4 is 5.32 Å². The van der Waals surface area contributed by atoms with Crippen LogP contribution in [-0.2, 0) is 22.7 Å². The highest BCUT2D eigenvalue weighted by Gasteiger charge is 2.17. The molecule has 6 nitrogen and oxygen atoms in total. The molecular formula is C18H21NO5S2. The van der Waals surface area contributed by atoms with Gasteiger partial charge in [-0.3, -0.25) is 4.79 Å². The third-order valence-electron chi connectivity index (χ3n) is 3.82. The first-order valence-corrected chi connectivity index (χ1v) is 10.9. The molecule has 0 saturated heterocycles. The van der Waals surface area contributed by atoms with Crippen LogP contribution in [0.3, 0.4) is 0 Å². The first kappa shape index (κ1) is 20.1. The van der Waals surface area contributed by atoms with Gasteiger partial charge in [0.25, 0.3) is 5.91 Å². The van der Waals surface area contributed by atoms with E-state index in [2.05, 4.69) is 12.2 Å². The molecule has 2 aromatic rings. The van der Waals surface area contributed by atoms with Crippen molar-refractivity contribution >= 4 is 38.7 Å². The summed E-state index contributed by atoms with van der Waals surface area (Å²) in [6.07, 6.45) is 3.69. The summed E-state index contributed by atoms with van der Waals surface area (Å²) in [5.74, 6) is -1.64. The summed E-state index contributed by atoms with van der Waals surface area (Å²) >= 11 is 1.41. The predicted octanol–water partition coefficient (Wildman–Crippen LogP) is 3.62. The molecule has 0 aliphatic carbocycles. The number of thiophene rings is 1.